The number of nitrogens with zero attached hydrogens (tertiary/aromatic N) is 2. The van der Waals surface area contributed by atoms with Crippen molar-refractivity contribution in [1.29, 1.82) is 0 Å². The minimum atomic E-state index is -3.53. The number of carbonyl (C=O) groups excluding carboxylic acids is 1. The molecular weight excluding hydrogens is 318 g/mol. The number of urea groups is 1. The van der Waals surface area contributed by atoms with E-state index in [-0.39, 0.29) is 6.03 Å². The third kappa shape index (κ3) is 3.19. The zero-order valence-corrected chi connectivity index (χ0v) is 13.9. The van der Waals surface area contributed by atoms with Crippen molar-refractivity contribution in [1.82, 2.24) is 14.5 Å². The van der Waals surface area contributed by atoms with Crippen LogP contribution in [-0.4, -0.2) is 56.4 Å². The van der Waals surface area contributed by atoms with Crippen molar-refractivity contribution in [2.75, 3.05) is 32.7 Å². The Morgan fingerprint density at radius 3 is 2.57 bits per heavy atom. The second kappa shape index (κ2) is 6.46. The zero-order valence-electron chi connectivity index (χ0n) is 13.1. The van der Waals surface area contributed by atoms with Crippen LogP contribution in [0.5, 0.6) is 0 Å². The lowest BCUT2D eigenvalue weighted by Gasteiger charge is -2.33. The van der Waals surface area contributed by atoms with Crippen LogP contribution in [0.25, 0.3) is 0 Å². The summed E-state index contributed by atoms with van der Waals surface area (Å²) in [6, 6.07) is 5.02. The van der Waals surface area contributed by atoms with E-state index in [0.717, 1.165) is 11.1 Å². The molecule has 1 aromatic rings. The van der Waals surface area contributed by atoms with E-state index in [9.17, 15) is 13.2 Å². The number of rotatable bonds is 3. The van der Waals surface area contributed by atoms with E-state index in [1.165, 1.54) is 4.31 Å². The number of piperazine rings is 1. The van der Waals surface area contributed by atoms with Gasteiger partial charge in [0.1, 0.15) is 0 Å². The van der Waals surface area contributed by atoms with Crippen LogP contribution >= 0.6 is 0 Å². The second-order valence-electron chi connectivity index (χ2n) is 5.65. The molecule has 126 valence electrons. The van der Waals surface area contributed by atoms with Gasteiger partial charge in [-0.3, -0.25) is 0 Å². The summed E-state index contributed by atoms with van der Waals surface area (Å²) in [6.45, 7) is 4.85. The minimum absolute atomic E-state index is 0.140. The summed E-state index contributed by atoms with van der Waals surface area (Å²) in [7, 11) is -3.53. The summed E-state index contributed by atoms with van der Waals surface area (Å²) in [5.41, 5.74) is 1.98. The van der Waals surface area contributed by atoms with Crippen molar-refractivity contribution in [3.8, 4) is 0 Å². The summed E-state index contributed by atoms with van der Waals surface area (Å²) in [5.74, 6) is 0. The van der Waals surface area contributed by atoms with Gasteiger partial charge in [0.25, 0.3) is 0 Å². The molecule has 0 saturated carbocycles. The van der Waals surface area contributed by atoms with E-state index in [2.05, 4.69) is 5.32 Å². The molecule has 1 saturated heterocycles. The largest absolute Gasteiger partial charge is 0.372 e. The van der Waals surface area contributed by atoms with E-state index in [1.54, 1.807) is 17.0 Å². The van der Waals surface area contributed by atoms with Gasteiger partial charge in [-0.05, 0) is 30.2 Å². The molecule has 2 aliphatic heterocycles. The first kappa shape index (κ1) is 16.2. The maximum atomic E-state index is 12.8. The molecule has 23 heavy (non-hydrogen) atoms. The van der Waals surface area contributed by atoms with Crippen LogP contribution in [0.15, 0.2) is 23.1 Å². The van der Waals surface area contributed by atoms with Gasteiger partial charge >= 0.3 is 6.03 Å². The van der Waals surface area contributed by atoms with Gasteiger partial charge in [-0.2, -0.15) is 4.31 Å². The molecule has 0 spiro atoms. The highest BCUT2D eigenvalue weighted by molar-refractivity contribution is 7.89. The Hall–Kier alpha value is -1.64. The molecule has 2 heterocycles. The predicted octanol–water partition coefficient (Wildman–Crippen LogP) is 0.753. The summed E-state index contributed by atoms with van der Waals surface area (Å²) in [6.07, 6.45) is 0. The molecule has 0 atom stereocenters. The van der Waals surface area contributed by atoms with Crippen molar-refractivity contribution >= 4 is 16.1 Å². The van der Waals surface area contributed by atoms with E-state index >= 15 is 0 Å². The number of hydrogen-bond acceptors (Lipinski definition) is 4. The van der Waals surface area contributed by atoms with Gasteiger partial charge in [0.2, 0.25) is 10.0 Å². The molecule has 0 bridgehead atoms. The Labute approximate surface area is 136 Å². The normalized spacial score (nSPS) is 18.7. The number of amides is 2. The van der Waals surface area contributed by atoms with Gasteiger partial charge in [0, 0.05) is 32.7 Å². The molecule has 1 aromatic carbocycles. The number of hydrogen-bond donors (Lipinski definition) is 1. The van der Waals surface area contributed by atoms with Crippen molar-refractivity contribution in [2.24, 2.45) is 0 Å². The summed E-state index contributed by atoms with van der Waals surface area (Å²) < 4.78 is 32.3. The van der Waals surface area contributed by atoms with Crippen LogP contribution < -0.4 is 5.32 Å². The molecule has 3 rings (SSSR count). The number of fused-ring (bicyclic) bond motifs is 1. The highest BCUT2D eigenvalue weighted by Gasteiger charge is 2.30. The third-order valence-electron chi connectivity index (χ3n) is 4.18. The molecular formula is C15H21N3O4S. The first-order valence-electron chi connectivity index (χ1n) is 7.75. The molecule has 2 amide bonds. The molecule has 1 N–H and O–H groups in total. The SMILES string of the molecule is CCNC(=O)N1CCN(S(=O)(=O)c2ccc3c(c2)COC3)CC1. The van der Waals surface area contributed by atoms with Gasteiger partial charge in [-0.25, -0.2) is 13.2 Å². The Morgan fingerprint density at radius 2 is 1.87 bits per heavy atom. The van der Waals surface area contributed by atoms with Crippen LogP contribution in [-0.2, 0) is 28.0 Å². The monoisotopic (exact) mass is 339 g/mol. The van der Waals surface area contributed by atoms with Crippen molar-refractivity contribution in [3.05, 3.63) is 29.3 Å². The van der Waals surface area contributed by atoms with E-state index in [0.29, 0.717) is 50.8 Å². The summed E-state index contributed by atoms with van der Waals surface area (Å²) >= 11 is 0. The number of carbonyl (C=O) groups is 1. The van der Waals surface area contributed by atoms with Crippen molar-refractivity contribution in [2.45, 2.75) is 25.0 Å². The topological polar surface area (TPSA) is 79.0 Å². The van der Waals surface area contributed by atoms with Crippen LogP contribution in [0.2, 0.25) is 0 Å². The lowest BCUT2D eigenvalue weighted by atomic mass is 10.1. The minimum Gasteiger partial charge on any atom is -0.372 e. The molecule has 0 aromatic heterocycles. The molecule has 2 aliphatic rings. The Balaban J connectivity index is 1.71. The fourth-order valence-electron chi connectivity index (χ4n) is 2.85. The van der Waals surface area contributed by atoms with Crippen LogP contribution in [0.4, 0.5) is 4.79 Å². The lowest BCUT2D eigenvalue weighted by molar-refractivity contribution is 0.134. The van der Waals surface area contributed by atoms with Gasteiger partial charge in [-0.15, -0.1) is 0 Å². The summed E-state index contributed by atoms with van der Waals surface area (Å²) in [5, 5.41) is 2.73. The van der Waals surface area contributed by atoms with Crippen LogP contribution in [0.3, 0.4) is 0 Å². The highest BCUT2D eigenvalue weighted by atomic mass is 32.2. The molecule has 7 nitrogen and oxygen atoms in total. The van der Waals surface area contributed by atoms with Gasteiger partial charge in [0.05, 0.1) is 18.1 Å². The smallest absolute Gasteiger partial charge is 0.317 e. The summed E-state index contributed by atoms with van der Waals surface area (Å²) in [4.78, 5) is 13.7. The molecule has 0 radical (unpaired) electrons. The van der Waals surface area contributed by atoms with Crippen molar-refractivity contribution < 1.29 is 17.9 Å². The lowest BCUT2D eigenvalue weighted by Crippen LogP contribution is -2.53. The average molecular weight is 339 g/mol. The number of nitrogens with one attached hydrogen (secondary N) is 1. The molecule has 0 aliphatic carbocycles. The van der Waals surface area contributed by atoms with E-state index < -0.39 is 10.0 Å². The van der Waals surface area contributed by atoms with E-state index in [4.69, 9.17) is 4.74 Å². The van der Waals surface area contributed by atoms with E-state index in [1.807, 2.05) is 13.0 Å². The van der Waals surface area contributed by atoms with Gasteiger partial charge in [0.15, 0.2) is 0 Å². The number of benzene rings is 1. The number of sulfonamides is 1. The predicted molar refractivity (Wildman–Crippen MR) is 84.3 cm³/mol. The standard InChI is InChI=1S/C15H21N3O4S/c1-2-16-15(19)17-5-7-18(8-6-17)23(20,21)14-4-3-12-10-22-11-13(12)9-14/h3-4,9H,2,5-8,10-11H2,1H3,(H,16,19). The zero-order chi connectivity index (χ0) is 16.4. The fraction of sp³-hybridized carbons (Fsp3) is 0.533. The van der Waals surface area contributed by atoms with Crippen LogP contribution in [0.1, 0.15) is 18.1 Å². The van der Waals surface area contributed by atoms with Gasteiger partial charge < -0.3 is 15.0 Å². The molecule has 0 unspecified atom stereocenters. The highest BCUT2D eigenvalue weighted by Crippen LogP contribution is 2.25. The third-order valence-corrected chi connectivity index (χ3v) is 6.08. The van der Waals surface area contributed by atoms with Gasteiger partial charge in [-0.1, -0.05) is 6.07 Å². The Bertz CT molecular complexity index is 697. The first-order valence-corrected chi connectivity index (χ1v) is 9.19. The van der Waals surface area contributed by atoms with Crippen LogP contribution in [0, 0.1) is 0 Å². The average Bonchev–Trinajstić information content (AvgIpc) is 3.03. The maximum absolute atomic E-state index is 12.8. The first-order chi connectivity index (χ1) is 11.0. The second-order valence-corrected chi connectivity index (χ2v) is 7.59. The van der Waals surface area contributed by atoms with Crippen molar-refractivity contribution in [3.63, 3.8) is 0 Å². The quantitative estimate of drug-likeness (QED) is 0.881. The molecule has 1 fully saturated rings. The fourth-order valence-corrected chi connectivity index (χ4v) is 4.33. The molecule has 8 heteroatoms. The number of ether oxygens (including phenoxy) is 1. The Kier molecular flexibility index (Phi) is 4.56. The Morgan fingerprint density at radius 1 is 1.17 bits per heavy atom. The maximum Gasteiger partial charge on any atom is 0.317 e.